The Morgan fingerprint density at radius 3 is 2.58 bits per heavy atom. The molecule has 1 atom stereocenters. The molecule has 0 radical (unpaired) electrons. The fourth-order valence-electron chi connectivity index (χ4n) is 2.92. The molecule has 1 heterocycles. The molecule has 2 N–H and O–H groups in total. The first-order valence-corrected chi connectivity index (χ1v) is 7.26. The van der Waals surface area contributed by atoms with Crippen LogP contribution in [0.1, 0.15) is 57.2 Å². The number of rotatable bonds is 1. The molecule has 0 bridgehead atoms. The Hall–Kier alpha value is -1.02. The molecule has 1 aliphatic heterocycles. The van der Waals surface area contributed by atoms with Crippen molar-refractivity contribution in [1.82, 2.24) is 0 Å². The second-order valence-corrected chi connectivity index (χ2v) is 7.16. The van der Waals surface area contributed by atoms with E-state index in [-0.39, 0.29) is 10.8 Å². The van der Waals surface area contributed by atoms with Crippen LogP contribution in [0.2, 0.25) is 0 Å². The van der Waals surface area contributed by atoms with Crippen LogP contribution in [0.15, 0.2) is 12.1 Å². The van der Waals surface area contributed by atoms with Gasteiger partial charge in [-0.05, 0) is 25.2 Å². The molecule has 1 aliphatic rings. The van der Waals surface area contributed by atoms with Gasteiger partial charge in [0.25, 0.3) is 0 Å². The van der Waals surface area contributed by atoms with Crippen LogP contribution in [0.4, 0.5) is 0 Å². The fourth-order valence-corrected chi connectivity index (χ4v) is 2.92. The minimum absolute atomic E-state index is 0.0395. The summed E-state index contributed by atoms with van der Waals surface area (Å²) >= 11 is 0. The largest absolute Gasteiger partial charge is 0.493 e. The molecule has 1 aromatic carbocycles. The van der Waals surface area contributed by atoms with Crippen molar-refractivity contribution in [2.75, 3.05) is 13.2 Å². The highest BCUT2D eigenvalue weighted by molar-refractivity contribution is 5.51. The van der Waals surface area contributed by atoms with Gasteiger partial charge in [-0.15, -0.1) is 0 Å². The van der Waals surface area contributed by atoms with Gasteiger partial charge in [0.1, 0.15) is 5.75 Å². The van der Waals surface area contributed by atoms with Crippen molar-refractivity contribution in [3.8, 4) is 5.75 Å². The number of aryl methyl sites for hydroxylation is 1. The third-order valence-corrected chi connectivity index (χ3v) is 4.26. The first kappa shape index (κ1) is 14.4. The molecule has 19 heavy (non-hydrogen) atoms. The summed E-state index contributed by atoms with van der Waals surface area (Å²) in [6, 6.07) is 4.53. The monoisotopic (exact) mass is 261 g/mol. The first-order valence-electron chi connectivity index (χ1n) is 7.26. The molecular weight excluding hydrogens is 234 g/mol. The first-order chi connectivity index (χ1) is 8.78. The summed E-state index contributed by atoms with van der Waals surface area (Å²) in [4.78, 5) is 0. The lowest BCUT2D eigenvalue weighted by molar-refractivity contribution is 0.305. The molecule has 0 spiro atoms. The Kier molecular flexibility index (Phi) is 3.65. The highest BCUT2D eigenvalue weighted by Crippen LogP contribution is 2.43. The number of hydrogen-bond donors (Lipinski definition) is 1. The predicted molar refractivity (Wildman–Crippen MR) is 81.0 cm³/mol. The third-order valence-electron chi connectivity index (χ3n) is 4.26. The van der Waals surface area contributed by atoms with E-state index in [1.165, 1.54) is 16.7 Å². The highest BCUT2D eigenvalue weighted by Gasteiger charge is 2.34. The van der Waals surface area contributed by atoms with Gasteiger partial charge < -0.3 is 10.5 Å². The summed E-state index contributed by atoms with van der Waals surface area (Å²) in [5.74, 6) is 1.09. The average molecular weight is 261 g/mol. The molecule has 0 amide bonds. The molecule has 0 fully saturated rings. The minimum Gasteiger partial charge on any atom is -0.493 e. The van der Waals surface area contributed by atoms with Crippen molar-refractivity contribution in [2.24, 2.45) is 5.73 Å². The van der Waals surface area contributed by atoms with Crippen LogP contribution in [0.5, 0.6) is 5.75 Å². The number of ether oxygens (including phenoxy) is 1. The SMILES string of the molecule is Cc1cc(C(C)(C)C)c2c(c1)C(C)(CN)CCCO2. The number of hydrogen-bond acceptors (Lipinski definition) is 2. The normalized spacial score (nSPS) is 23.5. The van der Waals surface area contributed by atoms with Gasteiger partial charge in [0.2, 0.25) is 0 Å². The lowest BCUT2D eigenvalue weighted by Crippen LogP contribution is -2.32. The lowest BCUT2D eigenvalue weighted by Gasteiger charge is -2.31. The zero-order valence-corrected chi connectivity index (χ0v) is 13.0. The molecule has 2 heteroatoms. The second-order valence-electron chi connectivity index (χ2n) is 7.16. The summed E-state index contributed by atoms with van der Waals surface area (Å²) in [6.07, 6.45) is 2.18. The van der Waals surface area contributed by atoms with Crippen molar-refractivity contribution in [1.29, 1.82) is 0 Å². The van der Waals surface area contributed by atoms with Gasteiger partial charge in [-0.3, -0.25) is 0 Å². The number of benzene rings is 1. The van der Waals surface area contributed by atoms with Gasteiger partial charge in [-0.1, -0.05) is 45.4 Å². The van der Waals surface area contributed by atoms with E-state index >= 15 is 0 Å². The fraction of sp³-hybridized carbons (Fsp3) is 0.647. The van der Waals surface area contributed by atoms with E-state index in [4.69, 9.17) is 10.5 Å². The van der Waals surface area contributed by atoms with Crippen molar-refractivity contribution in [2.45, 2.75) is 58.3 Å². The maximum atomic E-state index is 6.10. The molecule has 2 nitrogen and oxygen atoms in total. The van der Waals surface area contributed by atoms with E-state index < -0.39 is 0 Å². The smallest absolute Gasteiger partial charge is 0.126 e. The van der Waals surface area contributed by atoms with E-state index in [1.54, 1.807) is 0 Å². The zero-order valence-electron chi connectivity index (χ0n) is 13.0. The van der Waals surface area contributed by atoms with Crippen LogP contribution < -0.4 is 10.5 Å². The van der Waals surface area contributed by atoms with Crippen LogP contribution in [0.3, 0.4) is 0 Å². The minimum atomic E-state index is 0.0395. The summed E-state index contributed by atoms with van der Waals surface area (Å²) in [7, 11) is 0. The van der Waals surface area contributed by atoms with Crippen LogP contribution in [-0.4, -0.2) is 13.2 Å². The van der Waals surface area contributed by atoms with E-state index in [2.05, 4.69) is 46.8 Å². The topological polar surface area (TPSA) is 35.2 Å². The molecule has 2 rings (SSSR count). The van der Waals surface area contributed by atoms with Gasteiger partial charge in [0.05, 0.1) is 6.61 Å². The highest BCUT2D eigenvalue weighted by atomic mass is 16.5. The summed E-state index contributed by atoms with van der Waals surface area (Å²) < 4.78 is 6.10. The van der Waals surface area contributed by atoms with Crippen molar-refractivity contribution < 1.29 is 4.74 Å². The Bertz CT molecular complexity index is 473. The zero-order chi connectivity index (χ0) is 14.3. The number of fused-ring (bicyclic) bond motifs is 1. The Morgan fingerprint density at radius 2 is 2.00 bits per heavy atom. The van der Waals surface area contributed by atoms with Gasteiger partial charge in [0.15, 0.2) is 0 Å². The predicted octanol–water partition coefficient (Wildman–Crippen LogP) is 3.68. The van der Waals surface area contributed by atoms with Crippen LogP contribution in [-0.2, 0) is 10.8 Å². The molecule has 0 aromatic heterocycles. The van der Waals surface area contributed by atoms with Crippen LogP contribution in [0, 0.1) is 6.92 Å². The van der Waals surface area contributed by atoms with Gasteiger partial charge in [-0.2, -0.15) is 0 Å². The van der Waals surface area contributed by atoms with Gasteiger partial charge >= 0.3 is 0 Å². The number of nitrogens with two attached hydrogens (primary N) is 1. The standard InChI is InChI=1S/C17H27NO/c1-12-9-13(16(2,3)4)15-14(10-12)17(5,11-18)7-6-8-19-15/h9-10H,6-8,11,18H2,1-5H3. The summed E-state index contributed by atoms with van der Waals surface area (Å²) in [6.45, 7) is 12.6. The Morgan fingerprint density at radius 1 is 1.32 bits per heavy atom. The maximum absolute atomic E-state index is 6.10. The Balaban J connectivity index is 2.69. The van der Waals surface area contributed by atoms with Crippen molar-refractivity contribution in [3.05, 3.63) is 28.8 Å². The average Bonchev–Trinajstić information content (AvgIpc) is 2.48. The third kappa shape index (κ3) is 2.64. The molecular formula is C17H27NO. The molecule has 0 saturated carbocycles. The van der Waals surface area contributed by atoms with Crippen LogP contribution in [0.25, 0.3) is 0 Å². The molecule has 0 aliphatic carbocycles. The molecule has 0 saturated heterocycles. The lowest BCUT2D eigenvalue weighted by atomic mass is 9.75. The van der Waals surface area contributed by atoms with Gasteiger partial charge in [0, 0.05) is 23.1 Å². The Labute approximate surface area is 117 Å². The van der Waals surface area contributed by atoms with E-state index in [0.29, 0.717) is 6.54 Å². The molecule has 1 aromatic rings. The van der Waals surface area contributed by atoms with Crippen molar-refractivity contribution in [3.63, 3.8) is 0 Å². The maximum Gasteiger partial charge on any atom is 0.126 e. The summed E-state index contributed by atoms with van der Waals surface area (Å²) in [5.41, 5.74) is 10.1. The van der Waals surface area contributed by atoms with E-state index in [9.17, 15) is 0 Å². The molecule has 106 valence electrons. The molecule has 1 unspecified atom stereocenters. The quantitative estimate of drug-likeness (QED) is 0.837. The van der Waals surface area contributed by atoms with E-state index in [0.717, 1.165) is 25.2 Å². The van der Waals surface area contributed by atoms with Gasteiger partial charge in [-0.25, -0.2) is 0 Å². The summed E-state index contributed by atoms with van der Waals surface area (Å²) in [5, 5.41) is 0. The second kappa shape index (κ2) is 4.82. The van der Waals surface area contributed by atoms with E-state index in [1.807, 2.05) is 0 Å². The van der Waals surface area contributed by atoms with Crippen LogP contribution >= 0.6 is 0 Å². The van der Waals surface area contributed by atoms with Crippen molar-refractivity contribution >= 4 is 0 Å².